The summed E-state index contributed by atoms with van der Waals surface area (Å²) in [5, 5.41) is 5.40. The number of aryl methyl sites for hydroxylation is 4. The number of rotatable bonds is 2. The van der Waals surface area contributed by atoms with Gasteiger partial charge in [-0.2, -0.15) is 0 Å². The average Bonchev–Trinajstić information content (AvgIpc) is 2.52. The molecule has 0 fully saturated rings. The highest BCUT2D eigenvalue weighted by molar-refractivity contribution is 5.94. The Balaban J connectivity index is 1.88. The van der Waals surface area contributed by atoms with Gasteiger partial charge in [-0.15, -0.1) is 0 Å². The second-order valence-corrected chi connectivity index (χ2v) is 5.79. The molecule has 126 valence electrons. The topological polar surface area (TPSA) is 82.3 Å². The van der Waals surface area contributed by atoms with Gasteiger partial charge in [0.2, 0.25) is 0 Å². The molecule has 2 aromatic carbocycles. The molecule has 4 amide bonds. The van der Waals surface area contributed by atoms with E-state index >= 15 is 0 Å². The smallest absolute Gasteiger partial charge is 0.306 e. The van der Waals surface area contributed by atoms with Crippen LogP contribution >= 0.6 is 0 Å². The maximum atomic E-state index is 11.9. The standard InChI is InChI=1S/C18H22N4O2/c1-11-5-7-13(3)15(9-11)19-17(23)21-22-18(24)20-16-10-12(2)6-8-14(16)4/h5-10H,1-4H3,(H2,19,21,23)(H2,20,22,24). The van der Waals surface area contributed by atoms with Crippen molar-refractivity contribution >= 4 is 23.4 Å². The van der Waals surface area contributed by atoms with Crippen LogP contribution in [0.25, 0.3) is 0 Å². The van der Waals surface area contributed by atoms with Crippen molar-refractivity contribution in [3.05, 3.63) is 58.7 Å². The second-order valence-electron chi connectivity index (χ2n) is 5.79. The van der Waals surface area contributed by atoms with Gasteiger partial charge in [0.05, 0.1) is 0 Å². The molecule has 6 nitrogen and oxygen atoms in total. The summed E-state index contributed by atoms with van der Waals surface area (Å²) < 4.78 is 0. The molecule has 0 aliphatic carbocycles. The normalized spacial score (nSPS) is 10.0. The zero-order chi connectivity index (χ0) is 17.7. The van der Waals surface area contributed by atoms with E-state index in [1.165, 1.54) is 0 Å². The van der Waals surface area contributed by atoms with Crippen LogP contribution in [0, 0.1) is 27.7 Å². The van der Waals surface area contributed by atoms with Crippen molar-refractivity contribution in [2.24, 2.45) is 0 Å². The summed E-state index contributed by atoms with van der Waals surface area (Å²) >= 11 is 0. The van der Waals surface area contributed by atoms with E-state index in [1.54, 1.807) is 0 Å². The molecule has 0 heterocycles. The number of hydrogen-bond acceptors (Lipinski definition) is 2. The number of urea groups is 2. The number of carbonyl (C=O) groups is 2. The highest BCUT2D eigenvalue weighted by Crippen LogP contribution is 2.16. The van der Waals surface area contributed by atoms with Crippen molar-refractivity contribution < 1.29 is 9.59 Å². The van der Waals surface area contributed by atoms with Crippen molar-refractivity contribution in [3.63, 3.8) is 0 Å². The van der Waals surface area contributed by atoms with Crippen molar-refractivity contribution in [2.75, 3.05) is 10.6 Å². The van der Waals surface area contributed by atoms with Crippen molar-refractivity contribution in [1.82, 2.24) is 10.9 Å². The first-order valence-electron chi connectivity index (χ1n) is 7.63. The first kappa shape index (κ1) is 17.3. The fourth-order valence-corrected chi connectivity index (χ4v) is 2.16. The van der Waals surface area contributed by atoms with Crippen LogP contribution in [0.15, 0.2) is 36.4 Å². The van der Waals surface area contributed by atoms with Crippen LogP contribution in [-0.2, 0) is 0 Å². The summed E-state index contributed by atoms with van der Waals surface area (Å²) in [6, 6.07) is 10.5. The molecular formula is C18H22N4O2. The van der Waals surface area contributed by atoms with E-state index in [2.05, 4.69) is 21.5 Å². The summed E-state index contributed by atoms with van der Waals surface area (Å²) in [5.74, 6) is 0. The zero-order valence-corrected chi connectivity index (χ0v) is 14.3. The third-order valence-electron chi connectivity index (χ3n) is 3.57. The lowest BCUT2D eigenvalue weighted by Crippen LogP contribution is -2.46. The maximum absolute atomic E-state index is 11.9. The maximum Gasteiger partial charge on any atom is 0.337 e. The lowest BCUT2D eigenvalue weighted by Gasteiger charge is -2.13. The number of amides is 4. The predicted octanol–water partition coefficient (Wildman–Crippen LogP) is 3.78. The quantitative estimate of drug-likeness (QED) is 0.633. The summed E-state index contributed by atoms with van der Waals surface area (Å²) in [4.78, 5) is 23.8. The Hall–Kier alpha value is -3.02. The summed E-state index contributed by atoms with van der Waals surface area (Å²) in [7, 11) is 0. The van der Waals surface area contributed by atoms with E-state index in [-0.39, 0.29) is 0 Å². The van der Waals surface area contributed by atoms with Crippen LogP contribution in [0.3, 0.4) is 0 Å². The molecule has 0 unspecified atom stereocenters. The highest BCUT2D eigenvalue weighted by Gasteiger charge is 2.08. The molecule has 4 N–H and O–H groups in total. The summed E-state index contributed by atoms with van der Waals surface area (Å²) in [6.07, 6.45) is 0. The average molecular weight is 326 g/mol. The molecule has 0 radical (unpaired) electrons. The molecule has 0 aliphatic heterocycles. The Morgan fingerprint density at radius 1 is 0.667 bits per heavy atom. The Kier molecular flexibility index (Phi) is 5.42. The molecule has 0 aromatic heterocycles. The van der Waals surface area contributed by atoms with Crippen LogP contribution in [0.1, 0.15) is 22.3 Å². The van der Waals surface area contributed by atoms with Gasteiger partial charge in [-0.25, -0.2) is 20.4 Å². The number of anilines is 2. The van der Waals surface area contributed by atoms with Crippen molar-refractivity contribution in [2.45, 2.75) is 27.7 Å². The molecule has 0 saturated carbocycles. The molecule has 0 spiro atoms. The van der Waals surface area contributed by atoms with Gasteiger partial charge in [-0.1, -0.05) is 24.3 Å². The minimum atomic E-state index is -0.514. The van der Waals surface area contributed by atoms with Crippen molar-refractivity contribution in [1.29, 1.82) is 0 Å². The Labute approximate surface area is 141 Å². The lowest BCUT2D eigenvalue weighted by molar-refractivity contribution is 0.237. The van der Waals surface area contributed by atoms with Crippen LogP contribution in [0.5, 0.6) is 0 Å². The number of benzene rings is 2. The van der Waals surface area contributed by atoms with Crippen LogP contribution in [0.2, 0.25) is 0 Å². The van der Waals surface area contributed by atoms with Crippen LogP contribution in [0.4, 0.5) is 21.0 Å². The first-order valence-corrected chi connectivity index (χ1v) is 7.63. The van der Waals surface area contributed by atoms with Gasteiger partial charge in [0.15, 0.2) is 0 Å². The minimum Gasteiger partial charge on any atom is -0.306 e. The lowest BCUT2D eigenvalue weighted by atomic mass is 10.1. The molecule has 0 aliphatic rings. The summed E-state index contributed by atoms with van der Waals surface area (Å²) in [6.45, 7) is 7.68. The third kappa shape index (κ3) is 4.74. The molecule has 0 atom stereocenters. The molecule has 24 heavy (non-hydrogen) atoms. The van der Waals surface area contributed by atoms with Gasteiger partial charge in [0.1, 0.15) is 0 Å². The van der Waals surface area contributed by atoms with Crippen LogP contribution < -0.4 is 21.5 Å². The molecule has 0 saturated heterocycles. The number of nitrogens with one attached hydrogen (secondary N) is 4. The Bertz CT molecular complexity index is 706. The SMILES string of the molecule is Cc1ccc(C)c(NC(=O)NNC(=O)Nc2cc(C)ccc2C)c1. The predicted molar refractivity (Wildman–Crippen MR) is 96.1 cm³/mol. The van der Waals surface area contributed by atoms with Crippen LogP contribution in [-0.4, -0.2) is 12.1 Å². The van der Waals surface area contributed by atoms with E-state index < -0.39 is 12.1 Å². The van der Waals surface area contributed by atoms with E-state index in [0.717, 1.165) is 22.3 Å². The van der Waals surface area contributed by atoms with Gasteiger partial charge in [0, 0.05) is 11.4 Å². The van der Waals surface area contributed by atoms with Gasteiger partial charge < -0.3 is 10.6 Å². The Morgan fingerprint density at radius 3 is 1.42 bits per heavy atom. The summed E-state index contributed by atoms with van der Waals surface area (Å²) in [5.41, 5.74) is 9.99. The highest BCUT2D eigenvalue weighted by atomic mass is 16.2. The van der Waals surface area contributed by atoms with Gasteiger partial charge in [0.25, 0.3) is 0 Å². The third-order valence-corrected chi connectivity index (χ3v) is 3.57. The number of carbonyl (C=O) groups excluding carboxylic acids is 2. The molecule has 6 heteroatoms. The number of hydrogen-bond donors (Lipinski definition) is 4. The minimum absolute atomic E-state index is 0.514. The van der Waals surface area contributed by atoms with E-state index in [9.17, 15) is 9.59 Å². The molecule has 2 aromatic rings. The monoisotopic (exact) mass is 326 g/mol. The van der Waals surface area contributed by atoms with Gasteiger partial charge in [-0.3, -0.25) is 0 Å². The van der Waals surface area contributed by atoms with E-state index in [4.69, 9.17) is 0 Å². The second kappa shape index (κ2) is 7.50. The largest absolute Gasteiger partial charge is 0.337 e. The van der Waals surface area contributed by atoms with Crippen molar-refractivity contribution in [3.8, 4) is 0 Å². The zero-order valence-electron chi connectivity index (χ0n) is 14.3. The van der Waals surface area contributed by atoms with Gasteiger partial charge >= 0.3 is 12.1 Å². The Morgan fingerprint density at radius 2 is 1.04 bits per heavy atom. The molecule has 0 bridgehead atoms. The molecular weight excluding hydrogens is 304 g/mol. The fourth-order valence-electron chi connectivity index (χ4n) is 2.16. The van der Waals surface area contributed by atoms with E-state index in [1.807, 2.05) is 64.1 Å². The molecule has 2 rings (SSSR count). The number of hydrazine groups is 1. The van der Waals surface area contributed by atoms with E-state index in [0.29, 0.717) is 11.4 Å². The van der Waals surface area contributed by atoms with Gasteiger partial charge in [-0.05, 0) is 62.1 Å². The first-order chi connectivity index (χ1) is 11.3. The fraction of sp³-hybridized carbons (Fsp3) is 0.222.